The van der Waals surface area contributed by atoms with Crippen LogP contribution in [0.1, 0.15) is 5.56 Å². The van der Waals surface area contributed by atoms with Gasteiger partial charge in [-0.2, -0.15) is 0 Å². The smallest absolute Gasteiger partial charge is 0.337 e. The standard InChI is InChI=1S/C17H18F2N2O6/c1-26-12(23)7-9-3-4-11(14(19)13(9)18)20-15-10(17(25)27-2)8-21(5-6-22)16(15)24/h3-4,20,22H,5-8H2,1-2H3. The number of esters is 2. The molecular formula is C17H18F2N2O6. The number of ether oxygens (including phenoxy) is 2. The summed E-state index contributed by atoms with van der Waals surface area (Å²) >= 11 is 0. The van der Waals surface area contributed by atoms with Gasteiger partial charge in [-0.25, -0.2) is 13.6 Å². The van der Waals surface area contributed by atoms with E-state index in [1.165, 1.54) is 6.07 Å². The second-order valence-corrected chi connectivity index (χ2v) is 5.57. The largest absolute Gasteiger partial charge is 0.469 e. The van der Waals surface area contributed by atoms with Crippen LogP contribution in [0.4, 0.5) is 14.5 Å². The Morgan fingerprint density at radius 2 is 1.93 bits per heavy atom. The third-order valence-corrected chi connectivity index (χ3v) is 3.94. The van der Waals surface area contributed by atoms with Crippen LogP contribution in [0.2, 0.25) is 0 Å². The first-order valence-corrected chi connectivity index (χ1v) is 7.86. The van der Waals surface area contributed by atoms with Crippen molar-refractivity contribution in [2.24, 2.45) is 0 Å². The third kappa shape index (κ3) is 4.22. The average Bonchev–Trinajstić information content (AvgIpc) is 2.96. The second kappa shape index (κ2) is 8.58. The number of hydrogen-bond donors (Lipinski definition) is 2. The highest BCUT2D eigenvalue weighted by Crippen LogP contribution is 2.27. The van der Waals surface area contributed by atoms with Gasteiger partial charge in [0.1, 0.15) is 5.70 Å². The molecule has 0 atom stereocenters. The number of nitrogens with one attached hydrogen (secondary N) is 1. The van der Waals surface area contributed by atoms with Gasteiger partial charge in [0.15, 0.2) is 11.6 Å². The average molecular weight is 384 g/mol. The molecular weight excluding hydrogens is 366 g/mol. The SMILES string of the molecule is COC(=O)Cc1ccc(NC2=C(C(=O)OC)CN(CCO)C2=O)c(F)c1F. The molecule has 1 aliphatic heterocycles. The minimum atomic E-state index is -1.32. The van der Waals surface area contributed by atoms with Crippen LogP contribution >= 0.6 is 0 Å². The van der Waals surface area contributed by atoms with Gasteiger partial charge in [0, 0.05) is 12.1 Å². The second-order valence-electron chi connectivity index (χ2n) is 5.57. The van der Waals surface area contributed by atoms with Gasteiger partial charge in [-0.3, -0.25) is 9.59 Å². The lowest BCUT2D eigenvalue weighted by atomic mass is 10.1. The van der Waals surface area contributed by atoms with E-state index >= 15 is 0 Å². The van der Waals surface area contributed by atoms with Crippen molar-refractivity contribution in [1.29, 1.82) is 0 Å². The first-order chi connectivity index (χ1) is 12.8. The summed E-state index contributed by atoms with van der Waals surface area (Å²) in [7, 11) is 2.24. The zero-order valence-electron chi connectivity index (χ0n) is 14.7. The quantitative estimate of drug-likeness (QED) is 0.654. The highest BCUT2D eigenvalue weighted by atomic mass is 19.2. The van der Waals surface area contributed by atoms with Crippen LogP contribution in [-0.4, -0.2) is 61.8 Å². The molecule has 0 unspecified atom stereocenters. The summed E-state index contributed by atoms with van der Waals surface area (Å²) in [4.78, 5) is 36.7. The Morgan fingerprint density at radius 3 is 2.52 bits per heavy atom. The molecule has 0 radical (unpaired) electrons. The molecule has 0 bridgehead atoms. The van der Waals surface area contributed by atoms with Gasteiger partial charge in [-0.05, 0) is 6.07 Å². The van der Waals surface area contributed by atoms with Crippen LogP contribution in [0.5, 0.6) is 0 Å². The number of carbonyl (C=O) groups is 3. The Labute approximate surface area is 153 Å². The highest BCUT2D eigenvalue weighted by Gasteiger charge is 2.35. The van der Waals surface area contributed by atoms with Crippen molar-refractivity contribution in [2.45, 2.75) is 6.42 Å². The number of benzene rings is 1. The predicted octanol–water partition coefficient (Wildman–Crippen LogP) is 0.354. The molecule has 8 nitrogen and oxygen atoms in total. The monoisotopic (exact) mass is 384 g/mol. The minimum Gasteiger partial charge on any atom is -0.469 e. The maximum absolute atomic E-state index is 14.4. The number of anilines is 1. The Bertz CT molecular complexity index is 809. The van der Waals surface area contributed by atoms with Crippen LogP contribution in [0.25, 0.3) is 0 Å². The zero-order chi connectivity index (χ0) is 20.1. The van der Waals surface area contributed by atoms with Crippen LogP contribution in [0, 0.1) is 11.6 Å². The van der Waals surface area contributed by atoms with E-state index in [4.69, 9.17) is 5.11 Å². The number of carbonyl (C=O) groups excluding carboxylic acids is 3. The number of hydrogen-bond acceptors (Lipinski definition) is 7. The van der Waals surface area contributed by atoms with E-state index in [0.29, 0.717) is 0 Å². The number of methoxy groups -OCH3 is 2. The maximum atomic E-state index is 14.4. The lowest BCUT2D eigenvalue weighted by Gasteiger charge is -2.15. The van der Waals surface area contributed by atoms with Crippen molar-refractivity contribution in [3.8, 4) is 0 Å². The first-order valence-electron chi connectivity index (χ1n) is 7.86. The fraction of sp³-hybridized carbons (Fsp3) is 0.353. The summed E-state index contributed by atoms with van der Waals surface area (Å²) < 4.78 is 37.6. The summed E-state index contributed by atoms with van der Waals surface area (Å²) in [6.45, 7) is -0.517. The van der Waals surface area contributed by atoms with Crippen LogP contribution in [0.15, 0.2) is 23.4 Å². The van der Waals surface area contributed by atoms with E-state index in [-0.39, 0.29) is 36.5 Å². The molecule has 0 aliphatic carbocycles. The number of halogens is 2. The molecule has 2 N–H and O–H groups in total. The van der Waals surface area contributed by atoms with Gasteiger partial charge >= 0.3 is 11.9 Å². The van der Waals surface area contributed by atoms with Gasteiger partial charge < -0.3 is 24.8 Å². The van der Waals surface area contributed by atoms with Gasteiger partial charge in [-0.1, -0.05) is 6.07 Å². The highest BCUT2D eigenvalue weighted by molar-refractivity contribution is 6.08. The summed E-state index contributed by atoms with van der Waals surface area (Å²) in [5.41, 5.74) is -0.952. The van der Waals surface area contributed by atoms with Gasteiger partial charge in [-0.15, -0.1) is 0 Å². The molecule has 0 saturated heterocycles. The van der Waals surface area contributed by atoms with Gasteiger partial charge in [0.25, 0.3) is 5.91 Å². The van der Waals surface area contributed by atoms with Crippen LogP contribution in [0.3, 0.4) is 0 Å². The van der Waals surface area contributed by atoms with Crippen molar-refractivity contribution in [3.05, 3.63) is 40.6 Å². The zero-order valence-corrected chi connectivity index (χ0v) is 14.7. The summed E-state index contributed by atoms with van der Waals surface area (Å²) in [6, 6.07) is 2.31. The van der Waals surface area contributed by atoms with Crippen molar-refractivity contribution in [2.75, 3.05) is 39.2 Å². The Morgan fingerprint density at radius 1 is 1.22 bits per heavy atom. The fourth-order valence-electron chi connectivity index (χ4n) is 2.53. The maximum Gasteiger partial charge on any atom is 0.337 e. The third-order valence-electron chi connectivity index (χ3n) is 3.94. The molecule has 0 fully saturated rings. The molecule has 2 rings (SSSR count). The topological polar surface area (TPSA) is 105 Å². The van der Waals surface area contributed by atoms with Crippen molar-refractivity contribution in [3.63, 3.8) is 0 Å². The van der Waals surface area contributed by atoms with E-state index in [2.05, 4.69) is 14.8 Å². The van der Waals surface area contributed by atoms with E-state index in [9.17, 15) is 23.2 Å². The van der Waals surface area contributed by atoms with Crippen molar-refractivity contribution < 1.29 is 37.7 Å². The Kier molecular flexibility index (Phi) is 6.45. The normalized spacial score (nSPS) is 13.8. The van der Waals surface area contributed by atoms with E-state index in [1.807, 2.05) is 0 Å². The molecule has 0 spiro atoms. The number of rotatable bonds is 7. The minimum absolute atomic E-state index is 0.0422. The molecule has 0 saturated carbocycles. The van der Waals surface area contributed by atoms with Crippen molar-refractivity contribution >= 4 is 23.5 Å². The molecule has 1 amide bonds. The summed E-state index contributed by atoms with van der Waals surface area (Å²) in [6.07, 6.45) is -0.459. The molecule has 1 heterocycles. The number of aliphatic hydroxyl groups is 1. The van der Waals surface area contributed by atoms with Gasteiger partial charge in [0.05, 0.1) is 45.1 Å². The number of nitrogens with zero attached hydrogens (tertiary/aromatic N) is 1. The molecule has 146 valence electrons. The Hall–Kier alpha value is -3.01. The summed E-state index contributed by atoms with van der Waals surface area (Å²) in [5.74, 6) is -4.81. The lowest BCUT2D eigenvalue weighted by Crippen LogP contribution is -2.31. The summed E-state index contributed by atoms with van der Waals surface area (Å²) in [5, 5.41) is 11.4. The van der Waals surface area contributed by atoms with Crippen molar-refractivity contribution in [1.82, 2.24) is 4.90 Å². The number of β-amino-alcohol motifs (C(OH)–C–C–N with tert-alkyl or cyclic N) is 1. The first kappa shape index (κ1) is 20.3. The Balaban J connectivity index is 2.35. The molecule has 1 aliphatic rings. The van der Waals surface area contributed by atoms with Gasteiger partial charge in [0.2, 0.25) is 0 Å². The molecule has 0 aromatic heterocycles. The number of aliphatic hydroxyl groups excluding tert-OH is 1. The van der Waals surface area contributed by atoms with E-state index < -0.39 is 41.6 Å². The lowest BCUT2D eigenvalue weighted by molar-refractivity contribution is -0.140. The molecule has 1 aromatic carbocycles. The van der Waals surface area contributed by atoms with E-state index in [0.717, 1.165) is 25.2 Å². The molecule has 27 heavy (non-hydrogen) atoms. The van der Waals surface area contributed by atoms with E-state index in [1.54, 1.807) is 0 Å². The predicted molar refractivity (Wildman–Crippen MR) is 88.4 cm³/mol. The fourth-order valence-corrected chi connectivity index (χ4v) is 2.53. The molecule has 10 heteroatoms. The van der Waals surface area contributed by atoms with Crippen LogP contribution < -0.4 is 5.32 Å². The number of amides is 1. The van der Waals surface area contributed by atoms with Crippen LogP contribution in [-0.2, 0) is 30.3 Å². The molecule has 1 aromatic rings.